The molecule has 1 unspecified atom stereocenters. The van der Waals surface area contributed by atoms with Crippen molar-refractivity contribution in [2.75, 3.05) is 33.3 Å². The summed E-state index contributed by atoms with van der Waals surface area (Å²) in [6, 6.07) is 8.10. The minimum atomic E-state index is 0.250. The molecule has 122 valence electrons. The molecule has 1 heterocycles. The highest BCUT2D eigenvalue weighted by molar-refractivity contribution is 5.78. The second kappa shape index (κ2) is 8.18. The van der Waals surface area contributed by atoms with E-state index in [0.29, 0.717) is 19.1 Å². The zero-order valence-electron chi connectivity index (χ0n) is 14.0. The number of carbonyl (C=O) groups excluding carboxylic acids is 1. The van der Waals surface area contributed by atoms with E-state index < -0.39 is 0 Å². The molecule has 1 amide bonds. The molecule has 1 aromatic carbocycles. The quantitative estimate of drug-likeness (QED) is 0.810. The Morgan fingerprint density at radius 2 is 2.09 bits per heavy atom. The number of rotatable bonds is 6. The first kappa shape index (κ1) is 16.8. The van der Waals surface area contributed by atoms with Gasteiger partial charge >= 0.3 is 0 Å². The second-order valence-electron chi connectivity index (χ2n) is 6.34. The van der Waals surface area contributed by atoms with Gasteiger partial charge in [0.15, 0.2) is 0 Å². The van der Waals surface area contributed by atoms with Crippen molar-refractivity contribution >= 4 is 5.91 Å². The first-order chi connectivity index (χ1) is 10.6. The summed E-state index contributed by atoms with van der Waals surface area (Å²) in [5.41, 5.74) is 1.20. The van der Waals surface area contributed by atoms with E-state index in [1.54, 1.807) is 0 Å². The Morgan fingerprint density at radius 3 is 2.73 bits per heavy atom. The molecule has 2 rings (SSSR count). The number of likely N-dealkylation sites (N-methyl/N-ethyl adjacent to an activating group) is 1. The fourth-order valence-electron chi connectivity index (χ4n) is 2.97. The number of benzene rings is 1. The van der Waals surface area contributed by atoms with Gasteiger partial charge in [0.1, 0.15) is 5.75 Å². The van der Waals surface area contributed by atoms with Gasteiger partial charge in [-0.05, 0) is 50.4 Å². The highest BCUT2D eigenvalue weighted by atomic mass is 16.5. The third kappa shape index (κ3) is 5.02. The Kier molecular flexibility index (Phi) is 6.25. The van der Waals surface area contributed by atoms with Crippen molar-refractivity contribution in [1.29, 1.82) is 0 Å². The molecule has 0 aliphatic carbocycles. The van der Waals surface area contributed by atoms with Crippen LogP contribution in [0.15, 0.2) is 24.3 Å². The molecule has 0 aromatic heterocycles. The van der Waals surface area contributed by atoms with Crippen molar-refractivity contribution in [2.24, 2.45) is 5.92 Å². The van der Waals surface area contributed by atoms with Crippen LogP contribution >= 0.6 is 0 Å². The van der Waals surface area contributed by atoms with E-state index in [0.717, 1.165) is 31.8 Å². The summed E-state index contributed by atoms with van der Waals surface area (Å²) >= 11 is 0. The molecule has 22 heavy (non-hydrogen) atoms. The zero-order chi connectivity index (χ0) is 15.9. The highest BCUT2D eigenvalue weighted by Gasteiger charge is 2.21. The number of ether oxygens (including phenoxy) is 1. The monoisotopic (exact) mass is 304 g/mol. The molecule has 1 aliphatic heterocycles. The molecule has 1 aromatic rings. The van der Waals surface area contributed by atoms with Crippen LogP contribution in [-0.2, 0) is 11.3 Å². The van der Waals surface area contributed by atoms with Gasteiger partial charge in [-0.15, -0.1) is 0 Å². The molecule has 4 nitrogen and oxygen atoms in total. The fourth-order valence-corrected chi connectivity index (χ4v) is 2.97. The Hall–Kier alpha value is -1.55. The minimum Gasteiger partial charge on any atom is -0.494 e. The molecular formula is C18H28N2O2. The molecule has 0 bridgehead atoms. The van der Waals surface area contributed by atoms with Crippen LogP contribution in [0.3, 0.4) is 0 Å². The average molecular weight is 304 g/mol. The predicted molar refractivity (Wildman–Crippen MR) is 88.9 cm³/mol. The van der Waals surface area contributed by atoms with E-state index in [-0.39, 0.29) is 5.91 Å². The second-order valence-corrected chi connectivity index (χ2v) is 6.34. The van der Waals surface area contributed by atoms with E-state index in [2.05, 4.69) is 24.0 Å². The van der Waals surface area contributed by atoms with Gasteiger partial charge in [-0.2, -0.15) is 0 Å². The van der Waals surface area contributed by atoms with Crippen molar-refractivity contribution in [3.05, 3.63) is 29.8 Å². The standard InChI is InChI=1S/C18H28N2O2/c1-4-22-17-9-7-16(8-10-17)13-19(3)14-18(21)20-11-5-6-15(2)12-20/h7-10,15H,4-6,11-14H2,1-3H3. The van der Waals surface area contributed by atoms with Gasteiger partial charge in [-0.1, -0.05) is 19.1 Å². The van der Waals surface area contributed by atoms with Crippen LogP contribution in [0.1, 0.15) is 32.3 Å². The van der Waals surface area contributed by atoms with Crippen molar-refractivity contribution in [3.8, 4) is 5.75 Å². The summed E-state index contributed by atoms with van der Waals surface area (Å²) < 4.78 is 5.45. The van der Waals surface area contributed by atoms with Crippen LogP contribution in [0, 0.1) is 5.92 Å². The van der Waals surface area contributed by atoms with Crippen LogP contribution in [0.4, 0.5) is 0 Å². The third-order valence-corrected chi connectivity index (χ3v) is 4.10. The summed E-state index contributed by atoms with van der Waals surface area (Å²) in [4.78, 5) is 16.4. The smallest absolute Gasteiger partial charge is 0.236 e. The largest absolute Gasteiger partial charge is 0.494 e. The molecule has 4 heteroatoms. The Bertz CT molecular complexity index is 472. The number of amides is 1. The highest BCUT2D eigenvalue weighted by Crippen LogP contribution is 2.16. The maximum atomic E-state index is 12.3. The summed E-state index contributed by atoms with van der Waals surface area (Å²) in [5.74, 6) is 1.78. The number of hydrogen-bond acceptors (Lipinski definition) is 3. The maximum absolute atomic E-state index is 12.3. The molecule has 1 aliphatic rings. The van der Waals surface area contributed by atoms with Crippen LogP contribution in [0.5, 0.6) is 5.75 Å². The fraction of sp³-hybridized carbons (Fsp3) is 0.611. The molecule has 0 N–H and O–H groups in total. The number of carbonyl (C=O) groups is 1. The molecule has 0 radical (unpaired) electrons. The van der Waals surface area contributed by atoms with Crippen LogP contribution in [0.25, 0.3) is 0 Å². The Labute approximate surface area is 134 Å². The normalized spacial score (nSPS) is 18.5. The summed E-state index contributed by atoms with van der Waals surface area (Å²) in [6.07, 6.45) is 2.38. The molecule has 1 atom stereocenters. The molecule has 0 spiro atoms. The number of likely N-dealkylation sites (tertiary alicyclic amines) is 1. The van der Waals surface area contributed by atoms with Crippen LogP contribution in [0.2, 0.25) is 0 Å². The van der Waals surface area contributed by atoms with E-state index >= 15 is 0 Å². The van der Waals surface area contributed by atoms with Crippen LogP contribution in [-0.4, -0.2) is 49.0 Å². The lowest BCUT2D eigenvalue weighted by atomic mass is 10.0. The zero-order valence-corrected chi connectivity index (χ0v) is 14.0. The van der Waals surface area contributed by atoms with Crippen molar-refractivity contribution in [1.82, 2.24) is 9.80 Å². The molecule has 1 saturated heterocycles. The van der Waals surface area contributed by atoms with Gasteiger partial charge in [0.25, 0.3) is 0 Å². The van der Waals surface area contributed by atoms with Crippen molar-refractivity contribution < 1.29 is 9.53 Å². The minimum absolute atomic E-state index is 0.250. The van der Waals surface area contributed by atoms with E-state index in [4.69, 9.17) is 4.74 Å². The Morgan fingerprint density at radius 1 is 1.36 bits per heavy atom. The first-order valence-corrected chi connectivity index (χ1v) is 8.26. The lowest BCUT2D eigenvalue weighted by Gasteiger charge is -2.32. The van der Waals surface area contributed by atoms with Gasteiger partial charge in [0.2, 0.25) is 5.91 Å². The van der Waals surface area contributed by atoms with E-state index in [1.165, 1.54) is 12.0 Å². The van der Waals surface area contributed by atoms with Crippen molar-refractivity contribution in [3.63, 3.8) is 0 Å². The van der Waals surface area contributed by atoms with E-state index in [1.807, 2.05) is 31.0 Å². The number of nitrogens with zero attached hydrogens (tertiary/aromatic N) is 2. The average Bonchev–Trinajstić information content (AvgIpc) is 2.49. The molecule has 1 fully saturated rings. The van der Waals surface area contributed by atoms with Gasteiger partial charge in [-0.3, -0.25) is 9.69 Å². The lowest BCUT2D eigenvalue weighted by molar-refractivity contribution is -0.133. The SMILES string of the molecule is CCOc1ccc(CN(C)CC(=O)N2CCCC(C)C2)cc1. The lowest BCUT2D eigenvalue weighted by Crippen LogP contribution is -2.43. The Balaban J connectivity index is 1.81. The summed E-state index contributed by atoms with van der Waals surface area (Å²) in [7, 11) is 2.00. The number of hydrogen-bond donors (Lipinski definition) is 0. The van der Waals surface area contributed by atoms with Gasteiger partial charge in [-0.25, -0.2) is 0 Å². The maximum Gasteiger partial charge on any atom is 0.236 e. The molecular weight excluding hydrogens is 276 g/mol. The first-order valence-electron chi connectivity index (χ1n) is 8.26. The van der Waals surface area contributed by atoms with Gasteiger partial charge in [0, 0.05) is 19.6 Å². The van der Waals surface area contributed by atoms with Gasteiger partial charge in [0.05, 0.1) is 13.2 Å². The van der Waals surface area contributed by atoms with Crippen molar-refractivity contribution in [2.45, 2.75) is 33.2 Å². The third-order valence-electron chi connectivity index (χ3n) is 4.10. The van der Waals surface area contributed by atoms with Crippen LogP contribution < -0.4 is 4.74 Å². The number of piperidine rings is 1. The summed E-state index contributed by atoms with van der Waals surface area (Å²) in [5, 5.41) is 0. The predicted octanol–water partition coefficient (Wildman–Crippen LogP) is 2.78. The molecule has 0 saturated carbocycles. The van der Waals surface area contributed by atoms with Gasteiger partial charge < -0.3 is 9.64 Å². The van der Waals surface area contributed by atoms with E-state index in [9.17, 15) is 4.79 Å². The topological polar surface area (TPSA) is 32.8 Å². The summed E-state index contributed by atoms with van der Waals surface area (Å²) in [6.45, 7) is 7.98.